The van der Waals surface area contributed by atoms with Crippen LogP contribution in [0, 0.1) is 0 Å². The maximum atomic E-state index is 13.3. The second-order valence-corrected chi connectivity index (χ2v) is 7.78. The van der Waals surface area contributed by atoms with Crippen molar-refractivity contribution in [3.8, 4) is 0 Å². The van der Waals surface area contributed by atoms with Gasteiger partial charge in [0.2, 0.25) is 11.8 Å². The van der Waals surface area contributed by atoms with Gasteiger partial charge >= 0.3 is 0 Å². The maximum absolute atomic E-state index is 13.3. The Morgan fingerprint density at radius 2 is 1.60 bits per heavy atom. The minimum absolute atomic E-state index is 0.226. The van der Waals surface area contributed by atoms with Crippen molar-refractivity contribution in [2.75, 3.05) is 6.54 Å². The average Bonchev–Trinajstić information content (AvgIpc) is 2.79. The summed E-state index contributed by atoms with van der Waals surface area (Å²) in [6.45, 7) is 0.527. The van der Waals surface area contributed by atoms with Gasteiger partial charge in [-0.15, -0.1) is 0 Å². The fourth-order valence-corrected chi connectivity index (χ4v) is 3.86. The van der Waals surface area contributed by atoms with Gasteiger partial charge in [-0.3, -0.25) is 9.59 Å². The van der Waals surface area contributed by atoms with Gasteiger partial charge in [-0.1, -0.05) is 60.7 Å². The van der Waals surface area contributed by atoms with Crippen molar-refractivity contribution >= 4 is 18.1 Å². The molecule has 1 saturated heterocycles. The van der Waals surface area contributed by atoms with Crippen LogP contribution in [0.5, 0.6) is 0 Å². The molecule has 3 rings (SSSR count). The van der Waals surface area contributed by atoms with E-state index in [-0.39, 0.29) is 11.8 Å². The van der Waals surface area contributed by atoms with Crippen LogP contribution in [0.2, 0.25) is 0 Å². The summed E-state index contributed by atoms with van der Waals surface area (Å²) in [5.74, 6) is -0.594. The van der Waals surface area contributed by atoms with Gasteiger partial charge in [0, 0.05) is 13.0 Å². The van der Waals surface area contributed by atoms with E-state index in [1.54, 1.807) is 4.90 Å². The van der Waals surface area contributed by atoms with Crippen molar-refractivity contribution in [2.45, 2.75) is 50.2 Å². The van der Waals surface area contributed by atoms with Crippen molar-refractivity contribution in [1.82, 2.24) is 10.2 Å². The van der Waals surface area contributed by atoms with E-state index in [1.807, 2.05) is 60.7 Å². The number of likely N-dealkylation sites (tertiary alicyclic amines) is 1. The Balaban J connectivity index is 1.74. The number of nitrogens with zero attached hydrogens (tertiary/aromatic N) is 1. The molecular weight excluding hydrogens is 378 g/mol. The van der Waals surface area contributed by atoms with Crippen molar-refractivity contribution in [3.63, 3.8) is 0 Å². The molecule has 2 amide bonds. The SMILES string of the molecule is N[C@H](Cc1ccccc1)C(=O)N[C@H](Cc1ccccc1)C(=O)N1CCCCC1C=O. The van der Waals surface area contributed by atoms with Crippen LogP contribution in [-0.2, 0) is 27.2 Å². The molecule has 30 heavy (non-hydrogen) atoms. The van der Waals surface area contributed by atoms with E-state index in [0.29, 0.717) is 25.8 Å². The van der Waals surface area contributed by atoms with E-state index in [9.17, 15) is 14.4 Å². The van der Waals surface area contributed by atoms with E-state index in [0.717, 1.165) is 30.3 Å². The number of nitrogens with two attached hydrogens (primary N) is 1. The van der Waals surface area contributed by atoms with Crippen LogP contribution < -0.4 is 11.1 Å². The highest BCUT2D eigenvalue weighted by Gasteiger charge is 2.33. The number of hydrogen-bond acceptors (Lipinski definition) is 4. The lowest BCUT2D eigenvalue weighted by molar-refractivity contribution is -0.141. The largest absolute Gasteiger partial charge is 0.343 e. The van der Waals surface area contributed by atoms with Crippen LogP contribution in [0.25, 0.3) is 0 Å². The second kappa shape index (κ2) is 10.7. The molecule has 1 aliphatic heterocycles. The summed E-state index contributed by atoms with van der Waals surface area (Å²) in [4.78, 5) is 39.2. The van der Waals surface area contributed by atoms with Crippen LogP contribution in [0.3, 0.4) is 0 Å². The van der Waals surface area contributed by atoms with Crippen LogP contribution in [0.15, 0.2) is 60.7 Å². The Labute approximate surface area is 177 Å². The number of rotatable bonds is 8. The highest BCUT2D eigenvalue weighted by molar-refractivity contribution is 5.91. The summed E-state index contributed by atoms with van der Waals surface area (Å²) in [5, 5.41) is 2.86. The van der Waals surface area contributed by atoms with Gasteiger partial charge in [-0.25, -0.2) is 0 Å². The van der Waals surface area contributed by atoms with E-state index in [2.05, 4.69) is 5.32 Å². The van der Waals surface area contributed by atoms with Gasteiger partial charge in [0.15, 0.2) is 0 Å². The monoisotopic (exact) mass is 407 g/mol. The molecule has 2 aromatic carbocycles. The molecule has 0 aromatic heterocycles. The second-order valence-electron chi connectivity index (χ2n) is 7.78. The average molecular weight is 408 g/mol. The fourth-order valence-electron chi connectivity index (χ4n) is 3.86. The molecule has 1 aliphatic rings. The van der Waals surface area contributed by atoms with Crippen LogP contribution in [0.1, 0.15) is 30.4 Å². The number of carbonyl (C=O) groups excluding carboxylic acids is 3. The molecule has 0 bridgehead atoms. The van der Waals surface area contributed by atoms with Gasteiger partial charge in [-0.05, 0) is 36.8 Å². The molecule has 158 valence electrons. The van der Waals surface area contributed by atoms with Gasteiger partial charge in [0.25, 0.3) is 0 Å². The van der Waals surface area contributed by atoms with Crippen molar-refractivity contribution < 1.29 is 14.4 Å². The predicted molar refractivity (Wildman–Crippen MR) is 116 cm³/mol. The molecule has 0 radical (unpaired) electrons. The lowest BCUT2D eigenvalue weighted by Gasteiger charge is -2.35. The molecule has 6 nitrogen and oxygen atoms in total. The summed E-state index contributed by atoms with van der Waals surface area (Å²) in [6.07, 6.45) is 4.01. The quantitative estimate of drug-likeness (QED) is 0.654. The molecule has 2 aromatic rings. The van der Waals surface area contributed by atoms with Gasteiger partial charge < -0.3 is 20.7 Å². The normalized spacial score (nSPS) is 18.3. The Hall–Kier alpha value is -2.99. The smallest absolute Gasteiger partial charge is 0.246 e. The zero-order valence-electron chi connectivity index (χ0n) is 17.1. The summed E-state index contributed by atoms with van der Waals surface area (Å²) >= 11 is 0. The molecule has 0 aliphatic carbocycles. The third-order valence-electron chi connectivity index (χ3n) is 5.52. The summed E-state index contributed by atoms with van der Waals surface area (Å²) in [6, 6.07) is 17.1. The summed E-state index contributed by atoms with van der Waals surface area (Å²) in [5.41, 5.74) is 8.03. The predicted octanol–water partition coefficient (Wildman–Crippen LogP) is 1.86. The lowest BCUT2D eigenvalue weighted by Crippen LogP contribution is -2.57. The molecular formula is C24H29N3O3. The van der Waals surface area contributed by atoms with Gasteiger partial charge in [-0.2, -0.15) is 0 Å². The Morgan fingerprint density at radius 3 is 2.20 bits per heavy atom. The number of amides is 2. The minimum atomic E-state index is -0.762. The highest BCUT2D eigenvalue weighted by atomic mass is 16.2. The van der Waals surface area contributed by atoms with Crippen LogP contribution in [-0.4, -0.2) is 47.7 Å². The van der Waals surface area contributed by atoms with Gasteiger partial charge in [0.1, 0.15) is 12.3 Å². The topological polar surface area (TPSA) is 92.5 Å². The standard InChI is InChI=1S/C24H29N3O3/c25-21(15-18-9-3-1-4-10-18)23(29)26-22(16-19-11-5-2-6-12-19)24(30)27-14-8-7-13-20(27)17-28/h1-6,9-12,17,20-22H,7-8,13-16,25H2,(H,26,29)/t20?,21-,22-/m1/s1. The molecule has 3 N–H and O–H groups in total. The first-order valence-corrected chi connectivity index (χ1v) is 10.5. The van der Waals surface area contributed by atoms with E-state index in [1.165, 1.54) is 0 Å². The van der Waals surface area contributed by atoms with E-state index >= 15 is 0 Å². The lowest BCUT2D eigenvalue weighted by atomic mass is 9.99. The number of hydrogen-bond donors (Lipinski definition) is 2. The number of carbonyl (C=O) groups is 3. The van der Waals surface area contributed by atoms with Crippen LogP contribution in [0.4, 0.5) is 0 Å². The highest BCUT2D eigenvalue weighted by Crippen LogP contribution is 2.18. The Bertz CT molecular complexity index is 841. The summed E-state index contributed by atoms with van der Waals surface area (Å²) in [7, 11) is 0. The minimum Gasteiger partial charge on any atom is -0.343 e. The van der Waals surface area contributed by atoms with Crippen molar-refractivity contribution in [3.05, 3.63) is 71.8 Å². The van der Waals surface area contributed by atoms with E-state index < -0.39 is 18.1 Å². The molecule has 6 heteroatoms. The first-order valence-electron chi connectivity index (χ1n) is 10.5. The van der Waals surface area contributed by atoms with Crippen molar-refractivity contribution in [1.29, 1.82) is 0 Å². The summed E-state index contributed by atoms with van der Waals surface area (Å²) < 4.78 is 0. The molecule has 3 atom stereocenters. The molecule has 0 saturated carbocycles. The molecule has 0 spiro atoms. The Morgan fingerprint density at radius 1 is 1.00 bits per heavy atom. The third-order valence-corrected chi connectivity index (χ3v) is 5.52. The molecule has 1 unspecified atom stereocenters. The number of aldehydes is 1. The molecule has 1 fully saturated rings. The van der Waals surface area contributed by atoms with Crippen molar-refractivity contribution in [2.24, 2.45) is 5.73 Å². The maximum Gasteiger partial charge on any atom is 0.246 e. The van der Waals surface area contributed by atoms with E-state index in [4.69, 9.17) is 5.73 Å². The third kappa shape index (κ3) is 5.76. The zero-order valence-corrected chi connectivity index (χ0v) is 17.1. The van der Waals surface area contributed by atoms with Gasteiger partial charge in [0.05, 0.1) is 12.1 Å². The van der Waals surface area contributed by atoms with Crippen LogP contribution >= 0.6 is 0 Å². The number of piperidine rings is 1. The Kier molecular flexibility index (Phi) is 7.74. The molecule has 1 heterocycles. The zero-order chi connectivity index (χ0) is 21.3. The number of benzene rings is 2. The fraction of sp³-hybridized carbons (Fsp3) is 0.375. The first-order chi connectivity index (χ1) is 14.6. The number of nitrogens with one attached hydrogen (secondary N) is 1. The first kappa shape index (κ1) is 21.7.